The van der Waals surface area contributed by atoms with Crippen molar-refractivity contribution >= 4 is 38.9 Å². The van der Waals surface area contributed by atoms with E-state index in [2.05, 4.69) is 21.2 Å². The van der Waals surface area contributed by atoms with Gasteiger partial charge >= 0.3 is 0 Å². The molecule has 1 amide bonds. The first-order valence-electron chi connectivity index (χ1n) is 5.66. The fourth-order valence-electron chi connectivity index (χ4n) is 1.74. The predicted molar refractivity (Wildman–Crippen MR) is 80.8 cm³/mol. The van der Waals surface area contributed by atoms with Crippen molar-refractivity contribution in [2.75, 3.05) is 5.32 Å². The van der Waals surface area contributed by atoms with Crippen LogP contribution >= 0.6 is 27.3 Å². The number of hydrogen-bond donors (Lipinski definition) is 1. The largest absolute Gasteiger partial charge is 0.322 e. The number of amides is 1. The Morgan fingerprint density at radius 3 is 2.67 bits per heavy atom. The molecule has 1 unspecified atom stereocenters. The van der Waals surface area contributed by atoms with Crippen LogP contribution in [0.15, 0.2) is 35.0 Å². The summed E-state index contributed by atoms with van der Waals surface area (Å²) in [5.41, 5.74) is 3.70. The number of para-hydroxylation sites is 1. The van der Waals surface area contributed by atoms with E-state index < -0.39 is 0 Å². The van der Waals surface area contributed by atoms with Gasteiger partial charge in [0.15, 0.2) is 0 Å². The summed E-state index contributed by atoms with van der Waals surface area (Å²) in [7, 11) is 0. The molecule has 2 nitrogen and oxygen atoms in total. The molecule has 4 heteroatoms. The van der Waals surface area contributed by atoms with Crippen LogP contribution in [0.1, 0.15) is 33.2 Å². The molecular weight excluding hydrogens is 310 g/mol. The minimum Gasteiger partial charge on any atom is -0.322 e. The second-order valence-corrected chi connectivity index (χ2v) is 6.24. The Kier molecular flexibility index (Phi) is 4.19. The lowest BCUT2D eigenvalue weighted by atomic mass is 10.1. The molecule has 0 bridgehead atoms. The lowest BCUT2D eigenvalue weighted by Crippen LogP contribution is -2.13. The number of carbonyl (C=O) groups excluding carboxylic acids is 1. The molecule has 2 aromatic rings. The maximum atomic E-state index is 12.2. The van der Waals surface area contributed by atoms with Crippen LogP contribution < -0.4 is 5.32 Å². The molecule has 0 aliphatic carbocycles. The van der Waals surface area contributed by atoms with E-state index in [1.807, 2.05) is 48.9 Å². The molecule has 0 aliphatic heterocycles. The minimum atomic E-state index is -0.0469. The number of benzene rings is 1. The number of carbonyl (C=O) groups is 1. The van der Waals surface area contributed by atoms with Crippen molar-refractivity contribution in [2.45, 2.75) is 18.7 Å². The standard InChI is InChI=1S/C14H14BrNOS/c1-9-7-18-8-12(9)14(17)16-13-6-4-3-5-11(13)10(2)15/h3-8,10H,1-2H3,(H,16,17). The van der Waals surface area contributed by atoms with E-state index in [9.17, 15) is 4.79 Å². The van der Waals surface area contributed by atoms with E-state index in [4.69, 9.17) is 0 Å². The summed E-state index contributed by atoms with van der Waals surface area (Å²) < 4.78 is 0. The molecule has 0 spiro atoms. The monoisotopic (exact) mass is 323 g/mol. The highest BCUT2D eigenvalue weighted by molar-refractivity contribution is 9.09. The van der Waals surface area contributed by atoms with Crippen LogP contribution in [-0.2, 0) is 0 Å². The Labute approximate surface area is 119 Å². The molecule has 0 fully saturated rings. The number of rotatable bonds is 3. The van der Waals surface area contributed by atoms with Crippen LogP contribution in [0.2, 0.25) is 0 Å². The molecule has 0 aliphatic rings. The molecule has 18 heavy (non-hydrogen) atoms. The summed E-state index contributed by atoms with van der Waals surface area (Å²) in [6, 6.07) is 7.83. The first kappa shape index (κ1) is 13.3. The fourth-order valence-corrected chi connectivity index (χ4v) is 2.97. The normalized spacial score (nSPS) is 12.2. The zero-order chi connectivity index (χ0) is 13.1. The molecule has 2 rings (SSSR count). The third kappa shape index (κ3) is 2.82. The van der Waals surface area contributed by atoms with Gasteiger partial charge in [-0.1, -0.05) is 34.1 Å². The Bertz CT molecular complexity index is 562. The number of aryl methyl sites for hydroxylation is 1. The van der Waals surface area contributed by atoms with E-state index in [0.29, 0.717) is 0 Å². The summed E-state index contributed by atoms with van der Waals surface area (Å²) >= 11 is 5.08. The molecule has 0 radical (unpaired) electrons. The Hall–Kier alpha value is -1.13. The van der Waals surface area contributed by atoms with E-state index in [0.717, 1.165) is 22.4 Å². The second-order valence-electron chi connectivity index (χ2n) is 4.13. The minimum absolute atomic E-state index is 0.0469. The first-order valence-corrected chi connectivity index (χ1v) is 7.52. The maximum absolute atomic E-state index is 12.2. The SMILES string of the molecule is Cc1cscc1C(=O)Nc1ccccc1C(C)Br. The van der Waals surface area contributed by atoms with E-state index >= 15 is 0 Å². The van der Waals surface area contributed by atoms with Crippen molar-refractivity contribution in [3.05, 3.63) is 51.7 Å². The summed E-state index contributed by atoms with van der Waals surface area (Å²) in [6.45, 7) is 3.99. The van der Waals surface area contributed by atoms with Gasteiger partial charge in [0.25, 0.3) is 5.91 Å². The topological polar surface area (TPSA) is 29.1 Å². The lowest BCUT2D eigenvalue weighted by molar-refractivity contribution is 0.102. The van der Waals surface area contributed by atoms with Crippen LogP contribution in [0.5, 0.6) is 0 Å². The average molecular weight is 324 g/mol. The van der Waals surface area contributed by atoms with Gasteiger partial charge < -0.3 is 5.32 Å². The van der Waals surface area contributed by atoms with Crippen molar-refractivity contribution in [1.82, 2.24) is 0 Å². The molecular formula is C14H14BrNOS. The summed E-state index contributed by atoms with van der Waals surface area (Å²) in [6.07, 6.45) is 0. The molecule has 1 N–H and O–H groups in total. The van der Waals surface area contributed by atoms with Gasteiger partial charge in [0.1, 0.15) is 0 Å². The number of alkyl halides is 1. The van der Waals surface area contributed by atoms with Crippen molar-refractivity contribution in [1.29, 1.82) is 0 Å². The van der Waals surface area contributed by atoms with Gasteiger partial charge in [-0.2, -0.15) is 11.3 Å². The van der Waals surface area contributed by atoms with Gasteiger partial charge in [0.2, 0.25) is 0 Å². The Morgan fingerprint density at radius 2 is 2.06 bits per heavy atom. The quantitative estimate of drug-likeness (QED) is 0.810. The van der Waals surface area contributed by atoms with Gasteiger partial charge in [-0.05, 0) is 36.4 Å². The molecule has 0 saturated heterocycles. The number of halogens is 1. The van der Waals surface area contributed by atoms with Crippen molar-refractivity contribution in [3.63, 3.8) is 0 Å². The van der Waals surface area contributed by atoms with E-state index in [-0.39, 0.29) is 10.7 Å². The summed E-state index contributed by atoms with van der Waals surface area (Å²) in [5.74, 6) is -0.0469. The Morgan fingerprint density at radius 1 is 1.33 bits per heavy atom. The smallest absolute Gasteiger partial charge is 0.256 e. The van der Waals surface area contributed by atoms with Gasteiger partial charge in [0, 0.05) is 15.9 Å². The molecule has 1 heterocycles. The van der Waals surface area contributed by atoms with Crippen LogP contribution in [0.25, 0.3) is 0 Å². The lowest BCUT2D eigenvalue weighted by Gasteiger charge is -2.12. The molecule has 1 aromatic carbocycles. The Balaban J connectivity index is 2.25. The highest BCUT2D eigenvalue weighted by Gasteiger charge is 2.13. The van der Waals surface area contributed by atoms with Gasteiger partial charge in [0.05, 0.1) is 5.56 Å². The molecule has 1 atom stereocenters. The number of hydrogen-bond acceptors (Lipinski definition) is 2. The fraction of sp³-hybridized carbons (Fsp3) is 0.214. The molecule has 1 aromatic heterocycles. The molecule has 94 valence electrons. The number of nitrogens with one attached hydrogen (secondary N) is 1. The third-order valence-electron chi connectivity index (χ3n) is 2.74. The van der Waals surface area contributed by atoms with Gasteiger partial charge in [-0.25, -0.2) is 0 Å². The average Bonchev–Trinajstić information content (AvgIpc) is 2.76. The van der Waals surface area contributed by atoms with Crippen molar-refractivity contribution in [2.24, 2.45) is 0 Å². The zero-order valence-corrected chi connectivity index (χ0v) is 12.6. The number of thiophene rings is 1. The predicted octanol–water partition coefficient (Wildman–Crippen LogP) is 4.76. The second kappa shape index (κ2) is 5.67. The van der Waals surface area contributed by atoms with E-state index in [1.54, 1.807) is 11.3 Å². The van der Waals surface area contributed by atoms with Crippen LogP contribution in [0.4, 0.5) is 5.69 Å². The maximum Gasteiger partial charge on any atom is 0.256 e. The van der Waals surface area contributed by atoms with Crippen LogP contribution in [0.3, 0.4) is 0 Å². The molecule has 0 saturated carbocycles. The summed E-state index contributed by atoms with van der Waals surface area (Å²) in [5, 5.41) is 6.83. The first-order chi connectivity index (χ1) is 8.59. The van der Waals surface area contributed by atoms with Crippen molar-refractivity contribution < 1.29 is 4.79 Å². The third-order valence-corrected chi connectivity index (χ3v) is 4.09. The van der Waals surface area contributed by atoms with Gasteiger partial charge in [-0.15, -0.1) is 0 Å². The number of anilines is 1. The van der Waals surface area contributed by atoms with Crippen LogP contribution in [-0.4, -0.2) is 5.91 Å². The van der Waals surface area contributed by atoms with Crippen LogP contribution in [0, 0.1) is 6.92 Å². The van der Waals surface area contributed by atoms with Gasteiger partial charge in [-0.3, -0.25) is 4.79 Å². The summed E-state index contributed by atoms with van der Waals surface area (Å²) in [4.78, 5) is 12.4. The van der Waals surface area contributed by atoms with Crippen molar-refractivity contribution in [3.8, 4) is 0 Å². The highest BCUT2D eigenvalue weighted by Crippen LogP contribution is 2.29. The zero-order valence-electron chi connectivity index (χ0n) is 10.2. The van der Waals surface area contributed by atoms with E-state index in [1.165, 1.54) is 0 Å². The highest BCUT2D eigenvalue weighted by atomic mass is 79.9.